The standard InChI is InChI=1S/C12H12N2O2/c13-8-10-4-2-6-14(10)12(16)9-3-1-5-11(15)7-9/h1,3,5,7,10,15H,2,4,6H2. The van der Waals surface area contributed by atoms with Crippen molar-refractivity contribution >= 4 is 5.91 Å². The van der Waals surface area contributed by atoms with E-state index in [-0.39, 0.29) is 17.7 Å². The van der Waals surface area contributed by atoms with Crippen molar-refractivity contribution in [3.63, 3.8) is 0 Å². The molecule has 82 valence electrons. The van der Waals surface area contributed by atoms with Crippen molar-refractivity contribution in [2.45, 2.75) is 18.9 Å². The molecule has 1 atom stereocenters. The third kappa shape index (κ3) is 1.84. The van der Waals surface area contributed by atoms with Crippen LogP contribution in [0.3, 0.4) is 0 Å². The van der Waals surface area contributed by atoms with E-state index >= 15 is 0 Å². The minimum absolute atomic E-state index is 0.0681. The molecule has 0 aromatic heterocycles. The molecule has 1 aromatic rings. The number of hydrogen-bond acceptors (Lipinski definition) is 3. The second-order valence-corrected chi connectivity index (χ2v) is 3.84. The molecular weight excluding hydrogens is 204 g/mol. The van der Waals surface area contributed by atoms with Gasteiger partial charge in [0.25, 0.3) is 5.91 Å². The van der Waals surface area contributed by atoms with Crippen LogP contribution in [0.4, 0.5) is 0 Å². The quantitative estimate of drug-likeness (QED) is 0.774. The van der Waals surface area contributed by atoms with E-state index in [4.69, 9.17) is 5.26 Å². The Morgan fingerprint density at radius 2 is 2.38 bits per heavy atom. The number of phenols is 1. The topological polar surface area (TPSA) is 64.3 Å². The Kier molecular flexibility index (Phi) is 2.78. The van der Waals surface area contributed by atoms with Gasteiger partial charge in [0.05, 0.1) is 6.07 Å². The zero-order valence-electron chi connectivity index (χ0n) is 8.76. The van der Waals surface area contributed by atoms with E-state index in [2.05, 4.69) is 6.07 Å². The van der Waals surface area contributed by atoms with Crippen LogP contribution >= 0.6 is 0 Å². The van der Waals surface area contributed by atoms with Crippen LogP contribution in [0.2, 0.25) is 0 Å². The monoisotopic (exact) mass is 216 g/mol. The molecule has 1 heterocycles. The zero-order chi connectivity index (χ0) is 11.5. The van der Waals surface area contributed by atoms with Crippen molar-refractivity contribution in [2.24, 2.45) is 0 Å². The molecule has 1 N–H and O–H groups in total. The predicted molar refractivity (Wildman–Crippen MR) is 57.8 cm³/mol. The van der Waals surface area contributed by atoms with Crippen LogP contribution in [0.5, 0.6) is 5.75 Å². The molecule has 4 heteroatoms. The lowest BCUT2D eigenvalue weighted by Gasteiger charge is -2.19. The lowest BCUT2D eigenvalue weighted by Crippen LogP contribution is -2.34. The van der Waals surface area contributed by atoms with Crippen LogP contribution in [0.25, 0.3) is 0 Å². The highest BCUT2D eigenvalue weighted by molar-refractivity contribution is 5.95. The van der Waals surface area contributed by atoms with Crippen molar-refractivity contribution in [1.82, 2.24) is 4.90 Å². The Morgan fingerprint density at radius 3 is 3.06 bits per heavy atom. The summed E-state index contributed by atoms with van der Waals surface area (Å²) in [5.41, 5.74) is 0.433. The van der Waals surface area contributed by atoms with Gasteiger partial charge in [-0.3, -0.25) is 4.79 Å². The molecule has 0 aliphatic carbocycles. The van der Waals surface area contributed by atoms with E-state index < -0.39 is 0 Å². The molecule has 2 rings (SSSR count). The molecule has 0 spiro atoms. The first-order chi connectivity index (χ1) is 7.72. The predicted octanol–water partition coefficient (Wildman–Crippen LogP) is 1.52. The highest BCUT2D eigenvalue weighted by Gasteiger charge is 2.29. The van der Waals surface area contributed by atoms with Gasteiger partial charge in [-0.2, -0.15) is 5.26 Å². The van der Waals surface area contributed by atoms with E-state index in [0.29, 0.717) is 12.1 Å². The molecule has 0 bridgehead atoms. The first-order valence-corrected chi connectivity index (χ1v) is 5.22. The summed E-state index contributed by atoms with van der Waals surface area (Å²) < 4.78 is 0. The van der Waals surface area contributed by atoms with Gasteiger partial charge in [-0.15, -0.1) is 0 Å². The molecular formula is C12H12N2O2. The van der Waals surface area contributed by atoms with Gasteiger partial charge >= 0.3 is 0 Å². The van der Waals surface area contributed by atoms with Crippen LogP contribution in [0.15, 0.2) is 24.3 Å². The number of carbonyl (C=O) groups is 1. The smallest absolute Gasteiger partial charge is 0.255 e. The van der Waals surface area contributed by atoms with Crippen molar-refractivity contribution in [3.05, 3.63) is 29.8 Å². The first-order valence-electron chi connectivity index (χ1n) is 5.22. The first kappa shape index (κ1) is 10.5. The molecule has 1 fully saturated rings. The highest BCUT2D eigenvalue weighted by atomic mass is 16.3. The molecule has 4 nitrogen and oxygen atoms in total. The van der Waals surface area contributed by atoms with Gasteiger partial charge in [0.2, 0.25) is 0 Å². The Morgan fingerprint density at radius 1 is 1.56 bits per heavy atom. The fourth-order valence-corrected chi connectivity index (χ4v) is 1.95. The summed E-state index contributed by atoms with van der Waals surface area (Å²) in [7, 11) is 0. The largest absolute Gasteiger partial charge is 0.508 e. The van der Waals surface area contributed by atoms with Gasteiger partial charge < -0.3 is 10.0 Å². The average Bonchev–Trinajstić information content (AvgIpc) is 2.76. The van der Waals surface area contributed by atoms with Gasteiger partial charge in [0.15, 0.2) is 0 Å². The SMILES string of the molecule is N#CC1CCCN1C(=O)c1cccc(O)c1. The maximum absolute atomic E-state index is 12.0. The number of phenolic OH excluding ortho intramolecular Hbond substituents is 1. The molecule has 16 heavy (non-hydrogen) atoms. The number of carbonyl (C=O) groups excluding carboxylic acids is 1. The van der Waals surface area contributed by atoms with Crippen molar-refractivity contribution in [3.8, 4) is 11.8 Å². The number of rotatable bonds is 1. The maximum Gasteiger partial charge on any atom is 0.255 e. The maximum atomic E-state index is 12.0. The van der Waals surface area contributed by atoms with Gasteiger partial charge in [0, 0.05) is 12.1 Å². The average molecular weight is 216 g/mol. The molecule has 0 saturated carbocycles. The number of aromatic hydroxyl groups is 1. The number of benzene rings is 1. The number of hydrogen-bond donors (Lipinski definition) is 1. The highest BCUT2D eigenvalue weighted by Crippen LogP contribution is 2.21. The van der Waals surface area contributed by atoms with Gasteiger partial charge in [-0.05, 0) is 31.0 Å². The number of amides is 1. The van der Waals surface area contributed by atoms with Crippen LogP contribution in [-0.2, 0) is 0 Å². The van der Waals surface area contributed by atoms with E-state index in [0.717, 1.165) is 12.8 Å². The summed E-state index contributed by atoms with van der Waals surface area (Å²) in [6, 6.07) is 8.01. The summed E-state index contributed by atoms with van der Waals surface area (Å²) in [6.07, 6.45) is 1.60. The molecule has 0 radical (unpaired) electrons. The lowest BCUT2D eigenvalue weighted by atomic mass is 10.1. The Balaban J connectivity index is 2.23. The molecule has 1 unspecified atom stereocenters. The Hall–Kier alpha value is -2.02. The number of nitrogens with zero attached hydrogens (tertiary/aromatic N) is 2. The summed E-state index contributed by atoms with van der Waals surface area (Å²) in [5, 5.41) is 18.2. The fourth-order valence-electron chi connectivity index (χ4n) is 1.95. The van der Waals surface area contributed by atoms with Gasteiger partial charge in [-0.25, -0.2) is 0 Å². The normalized spacial score (nSPS) is 19.4. The molecule has 1 aromatic carbocycles. The van der Waals surface area contributed by atoms with Gasteiger partial charge in [0.1, 0.15) is 11.8 Å². The van der Waals surface area contributed by atoms with E-state index in [1.54, 1.807) is 17.0 Å². The van der Waals surface area contributed by atoms with Crippen LogP contribution < -0.4 is 0 Å². The van der Waals surface area contributed by atoms with Gasteiger partial charge in [-0.1, -0.05) is 6.07 Å². The molecule has 1 aliphatic rings. The van der Waals surface area contributed by atoms with E-state index in [1.807, 2.05) is 0 Å². The van der Waals surface area contributed by atoms with E-state index in [9.17, 15) is 9.90 Å². The summed E-state index contributed by atoms with van der Waals surface area (Å²) in [4.78, 5) is 13.6. The lowest BCUT2D eigenvalue weighted by molar-refractivity contribution is 0.0764. The van der Waals surface area contributed by atoms with Crippen molar-refractivity contribution < 1.29 is 9.90 Å². The third-order valence-corrected chi connectivity index (χ3v) is 2.76. The summed E-state index contributed by atoms with van der Waals surface area (Å²) in [6.45, 7) is 0.618. The number of likely N-dealkylation sites (tertiary alicyclic amines) is 1. The molecule has 1 saturated heterocycles. The summed E-state index contributed by atoms with van der Waals surface area (Å²) >= 11 is 0. The molecule has 1 aliphatic heterocycles. The Bertz CT molecular complexity index is 451. The number of nitriles is 1. The van der Waals surface area contributed by atoms with Crippen LogP contribution in [-0.4, -0.2) is 28.5 Å². The third-order valence-electron chi connectivity index (χ3n) is 2.76. The second-order valence-electron chi connectivity index (χ2n) is 3.84. The minimum atomic E-state index is -0.324. The van der Waals surface area contributed by atoms with E-state index in [1.165, 1.54) is 12.1 Å². The molecule has 1 amide bonds. The second kappa shape index (κ2) is 4.23. The zero-order valence-corrected chi connectivity index (χ0v) is 8.76. The van der Waals surface area contributed by atoms with Crippen molar-refractivity contribution in [2.75, 3.05) is 6.54 Å². The fraction of sp³-hybridized carbons (Fsp3) is 0.333. The summed E-state index contributed by atoms with van der Waals surface area (Å²) in [5.74, 6) is -0.112. The van der Waals surface area contributed by atoms with Crippen molar-refractivity contribution in [1.29, 1.82) is 5.26 Å². The van der Waals surface area contributed by atoms with Crippen LogP contribution in [0.1, 0.15) is 23.2 Å². The minimum Gasteiger partial charge on any atom is -0.508 e. The van der Waals surface area contributed by atoms with Crippen LogP contribution in [0, 0.1) is 11.3 Å². The Labute approximate surface area is 93.7 Å².